The van der Waals surface area contributed by atoms with Gasteiger partial charge in [-0.15, -0.1) is 0 Å². The van der Waals surface area contributed by atoms with E-state index in [-0.39, 0.29) is 36.1 Å². The number of rotatable bonds is 4. The number of benzene rings is 1. The third-order valence-corrected chi connectivity index (χ3v) is 5.61. The van der Waals surface area contributed by atoms with Crippen LogP contribution in [0.1, 0.15) is 29.6 Å². The van der Waals surface area contributed by atoms with Crippen molar-refractivity contribution in [1.29, 1.82) is 0 Å². The zero-order valence-electron chi connectivity index (χ0n) is 16.2. The summed E-state index contributed by atoms with van der Waals surface area (Å²) in [5.41, 5.74) is 1.38. The van der Waals surface area contributed by atoms with Gasteiger partial charge in [0.2, 0.25) is 11.8 Å². The maximum absolute atomic E-state index is 12.9. The molecule has 0 aliphatic carbocycles. The second kappa shape index (κ2) is 8.43. The van der Waals surface area contributed by atoms with Crippen LogP contribution >= 0.6 is 0 Å². The summed E-state index contributed by atoms with van der Waals surface area (Å²) in [6.07, 6.45) is 4.85. The molecule has 1 aromatic carbocycles. The molecule has 2 aliphatic rings. The molecule has 0 bridgehead atoms. The highest BCUT2D eigenvalue weighted by Gasteiger charge is 2.38. The molecule has 2 aliphatic heterocycles. The second-order valence-corrected chi connectivity index (χ2v) is 7.56. The van der Waals surface area contributed by atoms with Crippen molar-refractivity contribution < 1.29 is 14.4 Å². The molecule has 3 heterocycles. The molecule has 3 amide bonds. The van der Waals surface area contributed by atoms with Crippen LogP contribution in [0.2, 0.25) is 0 Å². The molecule has 2 aromatic rings. The van der Waals surface area contributed by atoms with Crippen LogP contribution in [0.3, 0.4) is 0 Å². The fourth-order valence-electron chi connectivity index (χ4n) is 4.00. The number of para-hydroxylation sites is 1. The summed E-state index contributed by atoms with van der Waals surface area (Å²) in [7, 11) is 0. The molecule has 29 heavy (non-hydrogen) atoms. The van der Waals surface area contributed by atoms with Crippen molar-refractivity contribution in [3.05, 3.63) is 60.4 Å². The van der Waals surface area contributed by atoms with E-state index in [1.54, 1.807) is 29.4 Å². The maximum atomic E-state index is 12.9. The molecule has 7 heteroatoms. The van der Waals surface area contributed by atoms with Crippen molar-refractivity contribution in [3.8, 4) is 0 Å². The van der Waals surface area contributed by atoms with Gasteiger partial charge in [0.15, 0.2) is 0 Å². The number of likely N-dealkylation sites (tertiary alicyclic amines) is 1. The minimum absolute atomic E-state index is 0.00632. The maximum Gasteiger partial charge on any atom is 0.253 e. The number of nitrogens with one attached hydrogen (secondary N) is 1. The quantitative estimate of drug-likeness (QED) is 0.861. The average Bonchev–Trinajstić information content (AvgIpc) is 3.16. The Morgan fingerprint density at radius 1 is 1.03 bits per heavy atom. The normalized spacial score (nSPS) is 20.0. The first-order valence-electron chi connectivity index (χ1n) is 9.97. The highest BCUT2D eigenvalue weighted by atomic mass is 16.2. The van der Waals surface area contributed by atoms with Gasteiger partial charge in [-0.3, -0.25) is 19.4 Å². The number of anilines is 1. The molecule has 4 rings (SSSR count). The third-order valence-electron chi connectivity index (χ3n) is 5.61. The number of nitrogens with zero attached hydrogens (tertiary/aromatic N) is 3. The summed E-state index contributed by atoms with van der Waals surface area (Å²) in [6, 6.07) is 13.0. The summed E-state index contributed by atoms with van der Waals surface area (Å²) >= 11 is 0. The van der Waals surface area contributed by atoms with Gasteiger partial charge < -0.3 is 15.1 Å². The monoisotopic (exact) mass is 392 g/mol. The average molecular weight is 392 g/mol. The number of carbonyl (C=O) groups excluding carboxylic acids is 3. The van der Waals surface area contributed by atoms with Gasteiger partial charge in [-0.05, 0) is 37.1 Å². The smallest absolute Gasteiger partial charge is 0.253 e. The van der Waals surface area contributed by atoms with Crippen LogP contribution in [-0.4, -0.2) is 53.3 Å². The van der Waals surface area contributed by atoms with Gasteiger partial charge in [0.05, 0.1) is 11.5 Å². The van der Waals surface area contributed by atoms with Gasteiger partial charge in [-0.1, -0.05) is 18.2 Å². The van der Waals surface area contributed by atoms with Crippen molar-refractivity contribution in [2.45, 2.75) is 25.3 Å². The van der Waals surface area contributed by atoms with Gasteiger partial charge in [-0.2, -0.15) is 0 Å². The Labute approximate surface area is 169 Å². The minimum atomic E-state index is -0.302. The van der Waals surface area contributed by atoms with Crippen molar-refractivity contribution in [3.63, 3.8) is 0 Å². The second-order valence-electron chi connectivity index (χ2n) is 7.56. The van der Waals surface area contributed by atoms with E-state index in [9.17, 15) is 14.4 Å². The molecular weight excluding hydrogens is 368 g/mol. The summed E-state index contributed by atoms with van der Waals surface area (Å²) in [6.45, 7) is 1.61. The highest BCUT2D eigenvalue weighted by molar-refractivity contribution is 6.00. The Balaban J connectivity index is 1.29. The van der Waals surface area contributed by atoms with Crippen LogP contribution in [-0.2, 0) is 9.59 Å². The first-order chi connectivity index (χ1) is 14.1. The summed E-state index contributed by atoms with van der Waals surface area (Å²) < 4.78 is 0. The van der Waals surface area contributed by atoms with E-state index < -0.39 is 0 Å². The van der Waals surface area contributed by atoms with Gasteiger partial charge >= 0.3 is 0 Å². The molecule has 7 nitrogen and oxygen atoms in total. The van der Waals surface area contributed by atoms with Crippen molar-refractivity contribution in [2.75, 3.05) is 24.5 Å². The van der Waals surface area contributed by atoms with E-state index in [0.717, 1.165) is 5.69 Å². The molecule has 150 valence electrons. The molecule has 2 saturated heterocycles. The standard InChI is InChI=1S/C22H24N4O3/c27-20-13-17(15-26(20)19-6-2-1-3-7-19)22(29)25-11-8-18(9-12-25)24-21(28)16-5-4-10-23-14-16/h1-7,10,14,17-18H,8-9,11-13,15H2,(H,24,28). The zero-order valence-corrected chi connectivity index (χ0v) is 16.2. The molecule has 1 unspecified atom stereocenters. The largest absolute Gasteiger partial charge is 0.349 e. The molecule has 0 saturated carbocycles. The van der Waals surface area contributed by atoms with Crippen LogP contribution in [0.15, 0.2) is 54.9 Å². The van der Waals surface area contributed by atoms with Crippen molar-refractivity contribution in [2.24, 2.45) is 5.92 Å². The fourth-order valence-corrected chi connectivity index (χ4v) is 4.00. The van der Waals surface area contributed by atoms with Gasteiger partial charge in [0.1, 0.15) is 0 Å². The van der Waals surface area contributed by atoms with Crippen LogP contribution in [0.25, 0.3) is 0 Å². The predicted molar refractivity (Wildman–Crippen MR) is 108 cm³/mol. The lowest BCUT2D eigenvalue weighted by Crippen LogP contribution is -2.48. The molecule has 1 N–H and O–H groups in total. The zero-order chi connectivity index (χ0) is 20.2. The van der Waals surface area contributed by atoms with E-state index in [2.05, 4.69) is 10.3 Å². The molecular formula is C22H24N4O3. The van der Waals surface area contributed by atoms with Crippen molar-refractivity contribution in [1.82, 2.24) is 15.2 Å². The Bertz CT molecular complexity index is 879. The Morgan fingerprint density at radius 3 is 2.48 bits per heavy atom. The first-order valence-corrected chi connectivity index (χ1v) is 9.97. The number of hydrogen-bond acceptors (Lipinski definition) is 4. The number of aromatic nitrogens is 1. The Hall–Kier alpha value is -3.22. The first kappa shape index (κ1) is 19.1. The van der Waals surface area contributed by atoms with E-state index in [1.165, 1.54) is 0 Å². The third kappa shape index (κ3) is 4.29. The van der Waals surface area contributed by atoms with Crippen LogP contribution in [0, 0.1) is 5.92 Å². The van der Waals surface area contributed by atoms with Crippen molar-refractivity contribution >= 4 is 23.4 Å². The topological polar surface area (TPSA) is 82.6 Å². The van der Waals surface area contributed by atoms with Crippen LogP contribution in [0.4, 0.5) is 5.69 Å². The minimum Gasteiger partial charge on any atom is -0.349 e. The number of pyridine rings is 1. The van der Waals surface area contributed by atoms with E-state index >= 15 is 0 Å². The number of hydrogen-bond donors (Lipinski definition) is 1. The van der Waals surface area contributed by atoms with E-state index in [0.29, 0.717) is 38.0 Å². The number of carbonyl (C=O) groups is 3. The van der Waals surface area contributed by atoms with Gasteiger partial charge in [0, 0.05) is 50.2 Å². The summed E-state index contributed by atoms with van der Waals surface area (Å²) in [5, 5.41) is 3.02. The lowest BCUT2D eigenvalue weighted by atomic mass is 10.0. The SMILES string of the molecule is O=C(NC1CCN(C(=O)C2CC(=O)N(c3ccccc3)C2)CC1)c1cccnc1. The lowest BCUT2D eigenvalue weighted by molar-refractivity contribution is -0.136. The Kier molecular flexibility index (Phi) is 5.55. The number of amides is 3. The summed E-state index contributed by atoms with van der Waals surface area (Å²) in [4.78, 5) is 45.1. The highest BCUT2D eigenvalue weighted by Crippen LogP contribution is 2.27. The summed E-state index contributed by atoms with van der Waals surface area (Å²) in [5.74, 6) is -0.408. The molecule has 2 fully saturated rings. The van der Waals surface area contributed by atoms with Gasteiger partial charge in [-0.25, -0.2) is 0 Å². The number of piperidine rings is 1. The molecule has 1 aromatic heterocycles. The molecule has 1 atom stereocenters. The lowest BCUT2D eigenvalue weighted by Gasteiger charge is -2.33. The van der Waals surface area contributed by atoms with E-state index in [1.807, 2.05) is 35.2 Å². The predicted octanol–water partition coefficient (Wildman–Crippen LogP) is 1.86. The molecule has 0 spiro atoms. The Morgan fingerprint density at radius 2 is 1.79 bits per heavy atom. The fraction of sp³-hybridized carbons (Fsp3) is 0.364. The van der Waals surface area contributed by atoms with Gasteiger partial charge in [0.25, 0.3) is 5.91 Å². The van der Waals surface area contributed by atoms with Crippen LogP contribution in [0.5, 0.6) is 0 Å². The van der Waals surface area contributed by atoms with Crippen LogP contribution < -0.4 is 10.2 Å². The van der Waals surface area contributed by atoms with E-state index in [4.69, 9.17) is 0 Å². The molecule has 0 radical (unpaired) electrons.